The van der Waals surface area contributed by atoms with Crippen LogP contribution in [0.2, 0.25) is 0 Å². The van der Waals surface area contributed by atoms with Crippen LogP contribution in [-0.4, -0.2) is 15.8 Å². The predicted molar refractivity (Wildman–Crippen MR) is 59.8 cm³/mol. The van der Waals surface area contributed by atoms with Crippen LogP contribution in [0.25, 0.3) is 11.0 Å². The van der Waals surface area contributed by atoms with Crippen LogP contribution in [0.3, 0.4) is 0 Å². The molecule has 0 saturated carbocycles. The number of rotatable bonds is 4. The standard InChI is InChI=1S/C12H14N2O/c1-2-8-14-11-6-4-3-5-10(11)13-12(14)7-9-15/h3-6,9H,2,7-8H2,1H3. The third-order valence-corrected chi connectivity index (χ3v) is 2.45. The van der Waals surface area contributed by atoms with Gasteiger partial charge in [-0.3, -0.25) is 0 Å². The first-order valence-corrected chi connectivity index (χ1v) is 5.24. The number of carbonyl (C=O) groups is 1. The van der Waals surface area contributed by atoms with Gasteiger partial charge in [-0.05, 0) is 18.6 Å². The van der Waals surface area contributed by atoms with Crippen molar-refractivity contribution < 1.29 is 4.79 Å². The summed E-state index contributed by atoms with van der Waals surface area (Å²) in [6.07, 6.45) is 2.36. The number of hydrogen-bond donors (Lipinski definition) is 0. The van der Waals surface area contributed by atoms with Gasteiger partial charge in [-0.15, -0.1) is 0 Å². The minimum absolute atomic E-state index is 0.397. The second kappa shape index (κ2) is 4.26. The molecule has 0 atom stereocenters. The molecule has 3 heteroatoms. The maximum absolute atomic E-state index is 10.6. The van der Waals surface area contributed by atoms with E-state index in [1.807, 2.05) is 24.3 Å². The molecule has 1 aromatic heterocycles. The van der Waals surface area contributed by atoms with Crippen molar-refractivity contribution in [3.05, 3.63) is 30.1 Å². The van der Waals surface area contributed by atoms with Gasteiger partial charge in [0.1, 0.15) is 12.1 Å². The fourth-order valence-electron chi connectivity index (χ4n) is 1.83. The van der Waals surface area contributed by atoms with E-state index in [1.54, 1.807) is 0 Å². The largest absolute Gasteiger partial charge is 0.328 e. The lowest BCUT2D eigenvalue weighted by atomic mass is 10.3. The van der Waals surface area contributed by atoms with Crippen molar-refractivity contribution in [3.8, 4) is 0 Å². The maximum Gasteiger partial charge on any atom is 0.127 e. The number of carbonyl (C=O) groups excluding carboxylic acids is 1. The van der Waals surface area contributed by atoms with Crippen molar-refractivity contribution in [3.63, 3.8) is 0 Å². The van der Waals surface area contributed by atoms with Gasteiger partial charge in [0.15, 0.2) is 0 Å². The van der Waals surface area contributed by atoms with E-state index in [-0.39, 0.29) is 0 Å². The Bertz CT molecular complexity index is 473. The first kappa shape index (κ1) is 9.90. The Morgan fingerprint density at radius 1 is 1.40 bits per heavy atom. The van der Waals surface area contributed by atoms with E-state index in [0.29, 0.717) is 6.42 Å². The molecular weight excluding hydrogens is 188 g/mol. The number of hydrogen-bond acceptors (Lipinski definition) is 2. The van der Waals surface area contributed by atoms with Crippen LogP contribution >= 0.6 is 0 Å². The summed E-state index contributed by atoms with van der Waals surface area (Å²) in [7, 11) is 0. The van der Waals surface area contributed by atoms with E-state index in [4.69, 9.17) is 0 Å². The highest BCUT2D eigenvalue weighted by atomic mass is 16.1. The number of imidazole rings is 1. The van der Waals surface area contributed by atoms with E-state index in [2.05, 4.69) is 16.5 Å². The third kappa shape index (κ3) is 1.77. The Labute approximate surface area is 88.7 Å². The molecule has 0 aliphatic carbocycles. The summed E-state index contributed by atoms with van der Waals surface area (Å²) < 4.78 is 2.13. The van der Waals surface area contributed by atoms with Gasteiger partial charge in [0, 0.05) is 6.54 Å². The molecule has 2 aromatic rings. The van der Waals surface area contributed by atoms with Crippen LogP contribution in [0.5, 0.6) is 0 Å². The van der Waals surface area contributed by atoms with Crippen molar-refractivity contribution in [2.75, 3.05) is 0 Å². The topological polar surface area (TPSA) is 34.9 Å². The molecule has 0 aliphatic heterocycles. The quantitative estimate of drug-likeness (QED) is 0.712. The average Bonchev–Trinajstić information content (AvgIpc) is 2.59. The van der Waals surface area contributed by atoms with E-state index in [9.17, 15) is 4.79 Å². The van der Waals surface area contributed by atoms with E-state index in [0.717, 1.165) is 36.1 Å². The maximum atomic E-state index is 10.6. The lowest BCUT2D eigenvalue weighted by molar-refractivity contribution is -0.107. The van der Waals surface area contributed by atoms with Crippen LogP contribution in [0.4, 0.5) is 0 Å². The Balaban J connectivity index is 2.57. The molecule has 1 heterocycles. The van der Waals surface area contributed by atoms with Gasteiger partial charge in [0.2, 0.25) is 0 Å². The molecule has 0 saturated heterocycles. The Morgan fingerprint density at radius 3 is 2.93 bits per heavy atom. The van der Waals surface area contributed by atoms with Crippen LogP contribution in [0, 0.1) is 0 Å². The van der Waals surface area contributed by atoms with Crippen LogP contribution in [0.1, 0.15) is 19.2 Å². The zero-order valence-electron chi connectivity index (χ0n) is 8.81. The summed E-state index contributed by atoms with van der Waals surface area (Å²) >= 11 is 0. The minimum atomic E-state index is 0.397. The van der Waals surface area contributed by atoms with Crippen molar-refractivity contribution in [1.29, 1.82) is 0 Å². The van der Waals surface area contributed by atoms with Gasteiger partial charge < -0.3 is 9.36 Å². The summed E-state index contributed by atoms with van der Waals surface area (Å²) in [4.78, 5) is 15.0. The van der Waals surface area contributed by atoms with Gasteiger partial charge in [-0.2, -0.15) is 0 Å². The molecule has 0 amide bonds. The first-order chi connectivity index (χ1) is 7.36. The van der Waals surface area contributed by atoms with Gasteiger partial charge in [0.05, 0.1) is 17.5 Å². The summed E-state index contributed by atoms with van der Waals surface area (Å²) in [5.74, 6) is 0.869. The van der Waals surface area contributed by atoms with E-state index < -0.39 is 0 Å². The lowest BCUT2D eigenvalue weighted by Crippen LogP contribution is -2.03. The van der Waals surface area contributed by atoms with Crippen molar-refractivity contribution in [2.24, 2.45) is 0 Å². The monoisotopic (exact) mass is 202 g/mol. The third-order valence-electron chi connectivity index (χ3n) is 2.45. The Morgan fingerprint density at radius 2 is 2.20 bits per heavy atom. The van der Waals surface area contributed by atoms with Gasteiger partial charge in [-0.25, -0.2) is 4.98 Å². The highest BCUT2D eigenvalue weighted by Crippen LogP contribution is 2.16. The SMILES string of the molecule is CCCn1c(CC=O)nc2ccccc21. The van der Waals surface area contributed by atoms with E-state index in [1.165, 1.54) is 0 Å². The van der Waals surface area contributed by atoms with Crippen molar-refractivity contribution in [1.82, 2.24) is 9.55 Å². The molecular formula is C12H14N2O. The normalized spacial score (nSPS) is 10.7. The van der Waals surface area contributed by atoms with Crippen molar-refractivity contribution in [2.45, 2.75) is 26.3 Å². The zero-order valence-corrected chi connectivity index (χ0v) is 8.81. The molecule has 15 heavy (non-hydrogen) atoms. The highest BCUT2D eigenvalue weighted by Gasteiger charge is 2.08. The van der Waals surface area contributed by atoms with Gasteiger partial charge >= 0.3 is 0 Å². The van der Waals surface area contributed by atoms with E-state index >= 15 is 0 Å². The molecule has 0 bridgehead atoms. The molecule has 0 unspecified atom stereocenters. The minimum Gasteiger partial charge on any atom is -0.328 e. The molecule has 0 N–H and O–H groups in total. The number of aromatic nitrogens is 2. The first-order valence-electron chi connectivity index (χ1n) is 5.24. The van der Waals surface area contributed by atoms with Gasteiger partial charge in [0.25, 0.3) is 0 Å². The molecule has 78 valence electrons. The number of benzene rings is 1. The molecule has 0 spiro atoms. The molecule has 1 aromatic carbocycles. The predicted octanol–water partition coefficient (Wildman–Crippen LogP) is 2.19. The smallest absolute Gasteiger partial charge is 0.127 e. The van der Waals surface area contributed by atoms with Crippen LogP contribution in [0.15, 0.2) is 24.3 Å². The van der Waals surface area contributed by atoms with Gasteiger partial charge in [-0.1, -0.05) is 19.1 Å². The van der Waals surface area contributed by atoms with Crippen LogP contribution in [-0.2, 0) is 17.8 Å². The number of aldehydes is 1. The highest BCUT2D eigenvalue weighted by molar-refractivity contribution is 5.76. The average molecular weight is 202 g/mol. The summed E-state index contributed by atoms with van der Waals surface area (Å²) in [6.45, 7) is 3.04. The van der Waals surface area contributed by atoms with Crippen molar-refractivity contribution >= 4 is 17.3 Å². The number of nitrogens with zero attached hydrogens (tertiary/aromatic N) is 2. The second-order valence-corrected chi connectivity index (χ2v) is 3.54. The lowest BCUT2D eigenvalue weighted by Gasteiger charge is -2.04. The number of aryl methyl sites for hydroxylation is 1. The Hall–Kier alpha value is -1.64. The zero-order chi connectivity index (χ0) is 10.7. The molecule has 0 radical (unpaired) electrons. The molecule has 2 rings (SSSR count). The number of para-hydroxylation sites is 2. The van der Waals surface area contributed by atoms with Crippen LogP contribution < -0.4 is 0 Å². The Kier molecular flexibility index (Phi) is 2.81. The fraction of sp³-hybridized carbons (Fsp3) is 0.333. The molecule has 3 nitrogen and oxygen atoms in total. The second-order valence-electron chi connectivity index (χ2n) is 3.54. The molecule has 0 aliphatic rings. The summed E-state index contributed by atoms with van der Waals surface area (Å²) in [6, 6.07) is 8.00. The fourth-order valence-corrected chi connectivity index (χ4v) is 1.83. The molecule has 0 fully saturated rings. The number of fused-ring (bicyclic) bond motifs is 1. The summed E-state index contributed by atoms with van der Waals surface area (Å²) in [5, 5.41) is 0. The summed E-state index contributed by atoms with van der Waals surface area (Å²) in [5.41, 5.74) is 2.10.